The molecule has 2 aromatic heterocycles. The van der Waals surface area contributed by atoms with Gasteiger partial charge in [-0.2, -0.15) is 13.2 Å². The van der Waals surface area contributed by atoms with Gasteiger partial charge in [-0.3, -0.25) is 4.57 Å². The number of rotatable bonds is 4. The van der Waals surface area contributed by atoms with Crippen molar-refractivity contribution in [2.45, 2.75) is 35.9 Å². The predicted molar refractivity (Wildman–Crippen MR) is 68.3 cm³/mol. The molecule has 2 rings (SSSR count). The number of nitrogens with zero attached hydrogens (tertiary/aromatic N) is 5. The third kappa shape index (κ3) is 3.15. The Hall–Kier alpha value is -1.69. The van der Waals surface area contributed by atoms with Gasteiger partial charge in [0.15, 0.2) is 9.37 Å². The van der Waals surface area contributed by atoms with Crippen molar-refractivity contribution >= 4 is 28.9 Å². The van der Waals surface area contributed by atoms with Crippen molar-refractivity contribution in [3.63, 3.8) is 0 Å². The van der Waals surface area contributed by atoms with Crippen LogP contribution in [-0.4, -0.2) is 24.7 Å². The van der Waals surface area contributed by atoms with Crippen LogP contribution >= 0.6 is 23.1 Å². The van der Waals surface area contributed by atoms with E-state index in [1.807, 2.05) is 0 Å². The lowest BCUT2D eigenvalue weighted by Crippen LogP contribution is -2.03. The van der Waals surface area contributed by atoms with Crippen molar-refractivity contribution in [3.05, 3.63) is 20.9 Å². The highest BCUT2D eigenvalue weighted by molar-refractivity contribution is 8.01. The number of imidazole rings is 1. The molecular formula is C9H8F3N5O2S2. The van der Waals surface area contributed by atoms with Gasteiger partial charge in [0.1, 0.15) is 0 Å². The molecule has 0 saturated carbocycles. The lowest BCUT2D eigenvalue weighted by atomic mass is 10.6. The van der Waals surface area contributed by atoms with Crippen molar-refractivity contribution in [3.8, 4) is 0 Å². The van der Waals surface area contributed by atoms with E-state index in [1.165, 1.54) is 4.57 Å². The van der Waals surface area contributed by atoms with E-state index in [2.05, 4.69) is 15.2 Å². The molecule has 2 aromatic rings. The van der Waals surface area contributed by atoms with Gasteiger partial charge in [-0.25, -0.2) is 0 Å². The van der Waals surface area contributed by atoms with Crippen LogP contribution in [0.1, 0.15) is 17.8 Å². The lowest BCUT2D eigenvalue weighted by molar-refractivity contribution is -0.392. The van der Waals surface area contributed by atoms with Gasteiger partial charge in [-0.15, -0.1) is 10.2 Å². The van der Waals surface area contributed by atoms with Crippen LogP contribution in [0.2, 0.25) is 0 Å². The van der Waals surface area contributed by atoms with Crippen LogP contribution in [0.3, 0.4) is 0 Å². The smallest absolute Gasteiger partial charge is 0.358 e. The fourth-order valence-electron chi connectivity index (χ4n) is 1.57. The number of nitro groups is 1. The zero-order valence-corrected chi connectivity index (χ0v) is 12.3. The van der Waals surface area contributed by atoms with Gasteiger partial charge >= 0.3 is 12.0 Å². The zero-order chi connectivity index (χ0) is 15.8. The Kier molecular flexibility index (Phi) is 4.18. The highest BCUT2D eigenvalue weighted by Crippen LogP contribution is 2.40. The Bertz CT molecular complexity index is 681. The Morgan fingerprint density at radius 2 is 2.10 bits per heavy atom. The van der Waals surface area contributed by atoms with Gasteiger partial charge in [0.25, 0.3) is 0 Å². The molecule has 0 unspecified atom stereocenters. The summed E-state index contributed by atoms with van der Waals surface area (Å²) < 4.78 is 38.9. The maximum absolute atomic E-state index is 12.5. The van der Waals surface area contributed by atoms with E-state index in [4.69, 9.17) is 0 Å². The number of halogens is 3. The molecule has 0 radical (unpaired) electrons. The summed E-state index contributed by atoms with van der Waals surface area (Å²) in [4.78, 5) is 14.1. The summed E-state index contributed by atoms with van der Waals surface area (Å²) in [5.41, 5.74) is 0. The maximum atomic E-state index is 12.5. The van der Waals surface area contributed by atoms with Gasteiger partial charge in [-0.1, -0.05) is 11.3 Å². The maximum Gasteiger partial charge on any atom is 0.445 e. The highest BCUT2D eigenvalue weighted by atomic mass is 32.2. The van der Waals surface area contributed by atoms with Crippen LogP contribution in [0, 0.1) is 17.0 Å². The highest BCUT2D eigenvalue weighted by Gasteiger charge is 2.36. The first-order valence-electron chi connectivity index (χ1n) is 5.54. The minimum atomic E-state index is -4.58. The summed E-state index contributed by atoms with van der Waals surface area (Å²) in [7, 11) is 0. The van der Waals surface area contributed by atoms with Crippen LogP contribution in [0.15, 0.2) is 9.37 Å². The standard InChI is InChI=1S/C9H8F3N5O2S2/c1-3-16-4(2)13-5(17(18)19)6(16)20-8-15-14-7(21-8)9(10,11)12/h3H2,1-2H3. The molecule has 0 aromatic carbocycles. The molecule has 114 valence electrons. The largest absolute Gasteiger partial charge is 0.445 e. The number of alkyl halides is 3. The second-order valence-electron chi connectivity index (χ2n) is 3.76. The van der Waals surface area contributed by atoms with Crippen LogP contribution in [0.25, 0.3) is 0 Å². The summed E-state index contributed by atoms with van der Waals surface area (Å²) in [6.07, 6.45) is -4.58. The first-order chi connectivity index (χ1) is 9.74. The average Bonchev–Trinajstić information content (AvgIpc) is 2.94. The van der Waals surface area contributed by atoms with Gasteiger partial charge in [0.2, 0.25) is 10.8 Å². The minimum absolute atomic E-state index is 0.0278. The fourth-order valence-corrected chi connectivity index (χ4v) is 3.48. The van der Waals surface area contributed by atoms with Crippen LogP contribution in [-0.2, 0) is 12.7 Å². The first kappa shape index (κ1) is 15.7. The summed E-state index contributed by atoms with van der Waals surface area (Å²) in [5.74, 6) is 0.00960. The Balaban J connectivity index is 2.39. The fraction of sp³-hybridized carbons (Fsp3) is 0.444. The SMILES string of the molecule is CCn1c(C)nc([N+](=O)[O-])c1Sc1nnc(C(F)(F)F)s1. The molecule has 0 atom stereocenters. The van der Waals surface area contributed by atoms with Crippen molar-refractivity contribution < 1.29 is 18.1 Å². The normalized spacial score (nSPS) is 11.9. The van der Waals surface area contributed by atoms with Gasteiger partial charge < -0.3 is 10.1 Å². The monoisotopic (exact) mass is 339 g/mol. The topological polar surface area (TPSA) is 86.7 Å². The molecular weight excluding hydrogens is 331 g/mol. The molecule has 0 fully saturated rings. The molecule has 0 aliphatic heterocycles. The number of aryl methyl sites for hydroxylation is 1. The molecule has 0 saturated heterocycles. The van der Waals surface area contributed by atoms with Crippen molar-refractivity contribution in [2.24, 2.45) is 0 Å². The summed E-state index contributed by atoms with van der Waals surface area (Å²) in [6, 6.07) is 0. The van der Waals surface area contributed by atoms with Crippen molar-refractivity contribution in [1.82, 2.24) is 19.7 Å². The van der Waals surface area contributed by atoms with E-state index in [-0.39, 0.29) is 9.37 Å². The summed E-state index contributed by atoms with van der Waals surface area (Å²) in [5, 5.41) is 16.5. The number of hydrogen-bond donors (Lipinski definition) is 0. The zero-order valence-electron chi connectivity index (χ0n) is 10.7. The molecule has 0 aliphatic rings. The molecule has 0 N–H and O–H groups in total. The third-order valence-electron chi connectivity index (χ3n) is 2.42. The molecule has 2 heterocycles. The van der Waals surface area contributed by atoms with Crippen LogP contribution in [0.5, 0.6) is 0 Å². The van der Waals surface area contributed by atoms with E-state index in [0.29, 0.717) is 23.7 Å². The number of aromatic nitrogens is 4. The Morgan fingerprint density at radius 3 is 2.57 bits per heavy atom. The molecule has 0 aliphatic carbocycles. The molecule has 0 bridgehead atoms. The summed E-state index contributed by atoms with van der Waals surface area (Å²) >= 11 is 1.09. The molecule has 0 spiro atoms. The van der Waals surface area contributed by atoms with E-state index in [0.717, 1.165) is 11.8 Å². The Morgan fingerprint density at radius 1 is 1.43 bits per heavy atom. The molecule has 21 heavy (non-hydrogen) atoms. The molecule has 7 nitrogen and oxygen atoms in total. The van der Waals surface area contributed by atoms with Gasteiger partial charge in [0, 0.05) is 13.5 Å². The third-order valence-corrected chi connectivity index (χ3v) is 4.53. The van der Waals surface area contributed by atoms with Crippen LogP contribution < -0.4 is 0 Å². The van der Waals surface area contributed by atoms with E-state index >= 15 is 0 Å². The number of hydrogen-bond acceptors (Lipinski definition) is 7. The summed E-state index contributed by atoms with van der Waals surface area (Å²) in [6.45, 7) is 3.74. The quantitative estimate of drug-likeness (QED) is 0.628. The van der Waals surface area contributed by atoms with Crippen molar-refractivity contribution in [2.75, 3.05) is 0 Å². The van der Waals surface area contributed by atoms with Crippen LogP contribution in [0.4, 0.5) is 19.0 Å². The van der Waals surface area contributed by atoms with E-state index in [9.17, 15) is 23.3 Å². The second-order valence-corrected chi connectivity index (χ2v) is 5.98. The first-order valence-corrected chi connectivity index (χ1v) is 7.17. The van der Waals surface area contributed by atoms with Gasteiger partial charge in [-0.05, 0) is 28.6 Å². The lowest BCUT2D eigenvalue weighted by Gasteiger charge is -2.02. The Labute approximate surface area is 124 Å². The van der Waals surface area contributed by atoms with Crippen molar-refractivity contribution in [1.29, 1.82) is 0 Å². The second kappa shape index (κ2) is 5.60. The minimum Gasteiger partial charge on any atom is -0.358 e. The van der Waals surface area contributed by atoms with E-state index < -0.39 is 21.9 Å². The average molecular weight is 339 g/mol. The van der Waals surface area contributed by atoms with E-state index in [1.54, 1.807) is 13.8 Å². The van der Waals surface area contributed by atoms with Gasteiger partial charge in [0.05, 0.1) is 0 Å². The molecule has 12 heteroatoms. The molecule has 0 amide bonds. The predicted octanol–water partition coefficient (Wildman–Crippen LogP) is 3.14.